The smallest absolute Gasteiger partial charge is 0.215 e. The van der Waals surface area contributed by atoms with E-state index in [4.69, 9.17) is 0 Å². The standard InChI is InChI=1S/C6H14N2O2S/c1-6-5-8(2)11(9,10)4-3-7-6/h6-7H,3-5H2,1-2H3/t6-/m0/s1. The molecular weight excluding hydrogens is 164 g/mol. The van der Waals surface area contributed by atoms with Crippen LogP contribution in [0.3, 0.4) is 0 Å². The van der Waals surface area contributed by atoms with Crippen LogP contribution in [0.4, 0.5) is 0 Å². The first-order valence-electron chi connectivity index (χ1n) is 3.70. The van der Waals surface area contributed by atoms with E-state index in [1.54, 1.807) is 7.05 Å². The van der Waals surface area contributed by atoms with Gasteiger partial charge in [0.05, 0.1) is 5.75 Å². The second-order valence-corrected chi connectivity index (χ2v) is 5.15. The van der Waals surface area contributed by atoms with Crippen LogP contribution in [0, 0.1) is 0 Å². The normalized spacial score (nSPS) is 33.1. The Bertz CT molecular complexity index is 225. The van der Waals surface area contributed by atoms with Gasteiger partial charge >= 0.3 is 0 Å². The van der Waals surface area contributed by atoms with Crippen LogP contribution >= 0.6 is 0 Å². The van der Waals surface area contributed by atoms with Gasteiger partial charge in [-0.05, 0) is 6.92 Å². The number of nitrogens with one attached hydrogen (secondary N) is 1. The molecule has 0 radical (unpaired) electrons. The molecule has 1 aliphatic rings. The summed E-state index contributed by atoms with van der Waals surface area (Å²) in [6.45, 7) is 3.12. The molecule has 1 atom stereocenters. The van der Waals surface area contributed by atoms with Crippen molar-refractivity contribution in [1.82, 2.24) is 9.62 Å². The number of hydrogen-bond acceptors (Lipinski definition) is 3. The summed E-state index contributed by atoms with van der Waals surface area (Å²) in [5.74, 6) is 0.216. The van der Waals surface area contributed by atoms with Gasteiger partial charge in [0.25, 0.3) is 0 Å². The highest BCUT2D eigenvalue weighted by Crippen LogP contribution is 2.02. The van der Waals surface area contributed by atoms with Crippen LogP contribution in [0.2, 0.25) is 0 Å². The summed E-state index contributed by atoms with van der Waals surface area (Å²) in [5, 5.41) is 3.11. The van der Waals surface area contributed by atoms with E-state index in [1.807, 2.05) is 6.92 Å². The number of likely N-dealkylation sites (N-methyl/N-ethyl adjacent to an activating group) is 1. The molecule has 1 N–H and O–H groups in total. The second-order valence-electron chi connectivity index (χ2n) is 2.95. The van der Waals surface area contributed by atoms with E-state index in [-0.39, 0.29) is 11.8 Å². The van der Waals surface area contributed by atoms with Crippen LogP contribution in [-0.2, 0) is 10.0 Å². The van der Waals surface area contributed by atoms with E-state index < -0.39 is 10.0 Å². The first kappa shape index (κ1) is 8.96. The summed E-state index contributed by atoms with van der Waals surface area (Å²) in [4.78, 5) is 0. The molecule has 0 aliphatic carbocycles. The van der Waals surface area contributed by atoms with Gasteiger partial charge in [0, 0.05) is 26.2 Å². The minimum absolute atomic E-state index is 0.216. The van der Waals surface area contributed by atoms with Gasteiger partial charge < -0.3 is 5.32 Å². The third-order valence-corrected chi connectivity index (χ3v) is 3.68. The lowest BCUT2D eigenvalue weighted by Gasteiger charge is -2.15. The zero-order chi connectivity index (χ0) is 8.48. The van der Waals surface area contributed by atoms with Gasteiger partial charge in [-0.2, -0.15) is 0 Å². The maximum absolute atomic E-state index is 11.2. The molecule has 1 rings (SSSR count). The van der Waals surface area contributed by atoms with Crippen molar-refractivity contribution in [2.75, 3.05) is 25.9 Å². The Kier molecular flexibility index (Phi) is 2.51. The summed E-state index contributed by atoms with van der Waals surface area (Å²) in [6, 6.07) is 0.261. The Morgan fingerprint density at radius 1 is 1.55 bits per heavy atom. The minimum Gasteiger partial charge on any atom is -0.312 e. The fraction of sp³-hybridized carbons (Fsp3) is 1.00. The molecule has 0 saturated carbocycles. The number of nitrogens with zero attached hydrogens (tertiary/aromatic N) is 1. The Hall–Kier alpha value is -0.130. The van der Waals surface area contributed by atoms with Gasteiger partial charge in [0.1, 0.15) is 0 Å². The van der Waals surface area contributed by atoms with Gasteiger partial charge in [-0.3, -0.25) is 0 Å². The first-order chi connectivity index (χ1) is 5.02. The van der Waals surface area contributed by atoms with Gasteiger partial charge in [-0.25, -0.2) is 12.7 Å². The van der Waals surface area contributed by atoms with Crippen molar-refractivity contribution in [3.63, 3.8) is 0 Å². The zero-order valence-electron chi connectivity index (χ0n) is 6.87. The van der Waals surface area contributed by atoms with Crippen LogP contribution in [0.25, 0.3) is 0 Å². The van der Waals surface area contributed by atoms with E-state index >= 15 is 0 Å². The lowest BCUT2D eigenvalue weighted by Crippen LogP contribution is -2.34. The number of hydrogen-bond donors (Lipinski definition) is 1. The first-order valence-corrected chi connectivity index (χ1v) is 5.31. The zero-order valence-corrected chi connectivity index (χ0v) is 7.69. The van der Waals surface area contributed by atoms with Crippen LogP contribution in [-0.4, -0.2) is 44.7 Å². The maximum atomic E-state index is 11.2. The highest BCUT2D eigenvalue weighted by atomic mass is 32.2. The monoisotopic (exact) mass is 178 g/mol. The number of sulfonamides is 1. The third kappa shape index (κ3) is 2.15. The maximum Gasteiger partial charge on any atom is 0.215 e. The molecule has 1 fully saturated rings. The number of rotatable bonds is 0. The Balaban J connectivity index is 2.74. The molecule has 1 aliphatic heterocycles. The van der Waals surface area contributed by atoms with Gasteiger partial charge in [-0.1, -0.05) is 0 Å². The van der Waals surface area contributed by atoms with Crippen molar-refractivity contribution in [2.45, 2.75) is 13.0 Å². The lowest BCUT2D eigenvalue weighted by atomic mass is 10.3. The fourth-order valence-electron chi connectivity index (χ4n) is 1.15. The van der Waals surface area contributed by atoms with E-state index in [9.17, 15) is 8.42 Å². The highest BCUT2D eigenvalue weighted by Gasteiger charge is 2.22. The molecule has 0 aromatic carbocycles. The third-order valence-electron chi connectivity index (χ3n) is 1.86. The van der Waals surface area contributed by atoms with Crippen LogP contribution < -0.4 is 5.32 Å². The average Bonchev–Trinajstić information content (AvgIpc) is 1.94. The lowest BCUT2D eigenvalue weighted by molar-refractivity contribution is 0.433. The summed E-state index contributed by atoms with van der Waals surface area (Å²) >= 11 is 0. The fourth-order valence-corrected chi connectivity index (χ4v) is 2.29. The van der Waals surface area contributed by atoms with Crippen LogP contribution in [0.1, 0.15) is 6.92 Å². The summed E-state index contributed by atoms with van der Waals surface area (Å²) in [7, 11) is -1.34. The summed E-state index contributed by atoms with van der Waals surface area (Å²) in [6.07, 6.45) is 0. The van der Waals surface area contributed by atoms with Gasteiger partial charge in [0.15, 0.2) is 0 Å². The summed E-state index contributed by atoms with van der Waals surface area (Å²) < 4.78 is 23.9. The predicted molar refractivity (Wildman–Crippen MR) is 43.9 cm³/mol. The molecule has 11 heavy (non-hydrogen) atoms. The molecule has 1 saturated heterocycles. The van der Waals surface area contributed by atoms with Crippen LogP contribution in [0.5, 0.6) is 0 Å². The van der Waals surface area contributed by atoms with Gasteiger partial charge in [-0.15, -0.1) is 0 Å². The van der Waals surface area contributed by atoms with E-state index in [1.165, 1.54) is 4.31 Å². The van der Waals surface area contributed by atoms with Crippen molar-refractivity contribution in [1.29, 1.82) is 0 Å². The van der Waals surface area contributed by atoms with Crippen LogP contribution in [0.15, 0.2) is 0 Å². The molecule has 1 heterocycles. The molecule has 0 bridgehead atoms. The molecule has 66 valence electrons. The average molecular weight is 178 g/mol. The van der Waals surface area contributed by atoms with E-state index in [0.717, 1.165) is 0 Å². The molecule has 5 heteroatoms. The minimum atomic E-state index is -2.96. The van der Waals surface area contributed by atoms with E-state index in [0.29, 0.717) is 13.1 Å². The topological polar surface area (TPSA) is 49.4 Å². The Labute approximate surface area is 67.6 Å². The van der Waals surface area contributed by atoms with Gasteiger partial charge in [0.2, 0.25) is 10.0 Å². The molecule has 4 nitrogen and oxygen atoms in total. The molecular formula is C6H14N2O2S. The van der Waals surface area contributed by atoms with Crippen molar-refractivity contribution in [3.8, 4) is 0 Å². The molecule has 0 aromatic heterocycles. The highest BCUT2D eigenvalue weighted by molar-refractivity contribution is 7.89. The molecule has 0 unspecified atom stereocenters. The van der Waals surface area contributed by atoms with Crippen molar-refractivity contribution < 1.29 is 8.42 Å². The van der Waals surface area contributed by atoms with Crippen molar-refractivity contribution in [2.24, 2.45) is 0 Å². The second kappa shape index (κ2) is 3.08. The predicted octanol–water partition coefficient (Wildman–Crippen LogP) is -0.760. The molecule has 0 amide bonds. The Morgan fingerprint density at radius 2 is 2.18 bits per heavy atom. The van der Waals surface area contributed by atoms with Crippen molar-refractivity contribution in [3.05, 3.63) is 0 Å². The SMILES string of the molecule is C[C@H]1CN(C)S(=O)(=O)CCN1. The Morgan fingerprint density at radius 3 is 2.82 bits per heavy atom. The summed E-state index contributed by atoms with van der Waals surface area (Å²) in [5.41, 5.74) is 0. The quantitative estimate of drug-likeness (QED) is 0.530. The molecule has 0 aromatic rings. The largest absolute Gasteiger partial charge is 0.312 e. The molecule has 0 spiro atoms. The van der Waals surface area contributed by atoms with E-state index in [2.05, 4.69) is 5.32 Å². The van der Waals surface area contributed by atoms with Crippen molar-refractivity contribution >= 4 is 10.0 Å².